The number of hydrogen-bond donors (Lipinski definition) is 2. The lowest BCUT2D eigenvalue weighted by Gasteiger charge is -2.28. The molecule has 1 aromatic heterocycles. The standard InChI is InChI=1S/C16H25N3O/c1-11(12-5-3-2-4-6-12)18-16(20)15-9-13(17)10-19(15)14-7-8-14/h9-12,14H,2-8,17H2,1H3,(H,18,20). The minimum Gasteiger partial charge on any atom is -0.397 e. The molecule has 4 nitrogen and oxygen atoms in total. The van der Waals surface area contributed by atoms with Crippen molar-refractivity contribution < 1.29 is 4.79 Å². The van der Waals surface area contributed by atoms with Gasteiger partial charge in [0.15, 0.2) is 0 Å². The van der Waals surface area contributed by atoms with Gasteiger partial charge in [-0.3, -0.25) is 4.79 Å². The zero-order chi connectivity index (χ0) is 14.1. The van der Waals surface area contributed by atoms with E-state index in [0.717, 1.165) is 18.5 Å². The summed E-state index contributed by atoms with van der Waals surface area (Å²) in [5.74, 6) is 0.668. The largest absolute Gasteiger partial charge is 0.397 e. The molecule has 1 amide bonds. The molecule has 0 radical (unpaired) electrons. The van der Waals surface area contributed by atoms with Crippen molar-refractivity contribution in [1.82, 2.24) is 9.88 Å². The Labute approximate surface area is 120 Å². The molecule has 0 bridgehead atoms. The molecule has 110 valence electrons. The summed E-state index contributed by atoms with van der Waals surface area (Å²) in [6.45, 7) is 2.14. The van der Waals surface area contributed by atoms with E-state index in [4.69, 9.17) is 5.73 Å². The maximum absolute atomic E-state index is 12.5. The quantitative estimate of drug-likeness (QED) is 0.887. The first-order valence-electron chi connectivity index (χ1n) is 7.93. The molecule has 1 atom stereocenters. The summed E-state index contributed by atoms with van der Waals surface area (Å²) in [6.07, 6.45) is 10.7. The van der Waals surface area contributed by atoms with Crippen molar-refractivity contribution in [3.05, 3.63) is 18.0 Å². The van der Waals surface area contributed by atoms with Crippen molar-refractivity contribution in [3.8, 4) is 0 Å². The zero-order valence-electron chi connectivity index (χ0n) is 12.3. The Balaban J connectivity index is 1.66. The van der Waals surface area contributed by atoms with E-state index >= 15 is 0 Å². The van der Waals surface area contributed by atoms with Crippen molar-refractivity contribution in [2.24, 2.45) is 5.92 Å². The fourth-order valence-corrected chi connectivity index (χ4v) is 3.37. The number of nitrogens with one attached hydrogen (secondary N) is 1. The smallest absolute Gasteiger partial charge is 0.268 e. The van der Waals surface area contributed by atoms with Gasteiger partial charge in [-0.05, 0) is 44.6 Å². The normalized spacial score (nSPS) is 21.6. The summed E-state index contributed by atoms with van der Waals surface area (Å²) < 4.78 is 2.05. The Morgan fingerprint density at radius 1 is 1.30 bits per heavy atom. The number of carbonyl (C=O) groups excluding carboxylic acids is 1. The highest BCUT2D eigenvalue weighted by Gasteiger charge is 2.29. The van der Waals surface area contributed by atoms with Crippen LogP contribution in [0, 0.1) is 5.92 Å². The molecule has 3 N–H and O–H groups in total. The van der Waals surface area contributed by atoms with Crippen LogP contribution in [0.1, 0.15) is 68.4 Å². The van der Waals surface area contributed by atoms with E-state index in [2.05, 4.69) is 16.8 Å². The summed E-state index contributed by atoms with van der Waals surface area (Å²) in [7, 11) is 0. The summed E-state index contributed by atoms with van der Waals surface area (Å²) in [5.41, 5.74) is 7.27. The van der Waals surface area contributed by atoms with E-state index in [0.29, 0.717) is 17.6 Å². The van der Waals surface area contributed by atoms with Crippen molar-refractivity contribution in [2.45, 2.75) is 64.0 Å². The van der Waals surface area contributed by atoms with Crippen molar-refractivity contribution in [1.29, 1.82) is 0 Å². The highest BCUT2D eigenvalue weighted by Crippen LogP contribution is 2.37. The molecule has 4 heteroatoms. The van der Waals surface area contributed by atoms with Crippen LogP contribution in [-0.4, -0.2) is 16.5 Å². The van der Waals surface area contributed by atoms with Crippen LogP contribution < -0.4 is 11.1 Å². The first kappa shape index (κ1) is 13.5. The molecular weight excluding hydrogens is 250 g/mol. The first-order chi connectivity index (χ1) is 9.65. The maximum atomic E-state index is 12.5. The maximum Gasteiger partial charge on any atom is 0.268 e. The van der Waals surface area contributed by atoms with Crippen molar-refractivity contribution >= 4 is 11.6 Å². The molecular formula is C16H25N3O. The van der Waals surface area contributed by atoms with Gasteiger partial charge >= 0.3 is 0 Å². The van der Waals surface area contributed by atoms with Gasteiger partial charge in [0.2, 0.25) is 0 Å². The molecule has 3 rings (SSSR count). The predicted molar refractivity (Wildman–Crippen MR) is 80.6 cm³/mol. The lowest BCUT2D eigenvalue weighted by Crippen LogP contribution is -2.39. The molecule has 0 saturated heterocycles. The third-order valence-corrected chi connectivity index (χ3v) is 4.76. The number of carbonyl (C=O) groups is 1. The van der Waals surface area contributed by atoms with Crippen LogP contribution in [0.5, 0.6) is 0 Å². The highest BCUT2D eigenvalue weighted by molar-refractivity contribution is 5.94. The van der Waals surface area contributed by atoms with Crippen LogP contribution in [0.25, 0.3) is 0 Å². The van der Waals surface area contributed by atoms with Crippen LogP contribution in [0.2, 0.25) is 0 Å². The van der Waals surface area contributed by atoms with Gasteiger partial charge in [0.25, 0.3) is 5.91 Å². The lowest BCUT2D eigenvalue weighted by atomic mass is 9.84. The molecule has 0 spiro atoms. The van der Waals surface area contributed by atoms with E-state index < -0.39 is 0 Å². The molecule has 1 unspecified atom stereocenters. The third kappa shape index (κ3) is 2.84. The van der Waals surface area contributed by atoms with E-state index in [9.17, 15) is 4.79 Å². The number of hydrogen-bond acceptors (Lipinski definition) is 2. The number of aromatic nitrogens is 1. The summed E-state index contributed by atoms with van der Waals surface area (Å²) in [4.78, 5) is 12.5. The Morgan fingerprint density at radius 3 is 2.65 bits per heavy atom. The first-order valence-corrected chi connectivity index (χ1v) is 7.93. The molecule has 2 aliphatic rings. The highest BCUT2D eigenvalue weighted by atomic mass is 16.2. The second-order valence-electron chi connectivity index (χ2n) is 6.46. The Hall–Kier alpha value is -1.45. The van der Waals surface area contributed by atoms with E-state index in [1.807, 2.05) is 6.20 Å². The fourth-order valence-electron chi connectivity index (χ4n) is 3.37. The Bertz CT molecular complexity index is 484. The van der Waals surface area contributed by atoms with Gasteiger partial charge in [-0.1, -0.05) is 19.3 Å². The summed E-state index contributed by atoms with van der Waals surface area (Å²) in [6, 6.07) is 2.55. The second-order valence-corrected chi connectivity index (χ2v) is 6.46. The van der Waals surface area contributed by atoms with Crippen LogP contribution in [-0.2, 0) is 0 Å². The number of rotatable bonds is 4. The summed E-state index contributed by atoms with van der Waals surface area (Å²) >= 11 is 0. The number of nitrogens with zero attached hydrogens (tertiary/aromatic N) is 1. The van der Waals surface area contributed by atoms with Crippen LogP contribution in [0.15, 0.2) is 12.3 Å². The lowest BCUT2D eigenvalue weighted by molar-refractivity contribution is 0.0909. The molecule has 20 heavy (non-hydrogen) atoms. The molecule has 2 saturated carbocycles. The Kier molecular flexibility index (Phi) is 3.72. The number of anilines is 1. The molecule has 1 heterocycles. The Morgan fingerprint density at radius 2 is 2.00 bits per heavy atom. The minimum absolute atomic E-state index is 0.0340. The van der Waals surface area contributed by atoms with Gasteiger partial charge in [0.1, 0.15) is 5.69 Å². The fraction of sp³-hybridized carbons (Fsp3) is 0.688. The zero-order valence-corrected chi connectivity index (χ0v) is 12.3. The van der Waals surface area contributed by atoms with Gasteiger partial charge in [0.05, 0.1) is 5.69 Å². The summed E-state index contributed by atoms with van der Waals surface area (Å²) in [5, 5.41) is 3.19. The minimum atomic E-state index is 0.0340. The average Bonchev–Trinajstić information content (AvgIpc) is 3.22. The van der Waals surface area contributed by atoms with Gasteiger partial charge in [-0.25, -0.2) is 0 Å². The third-order valence-electron chi connectivity index (χ3n) is 4.76. The van der Waals surface area contributed by atoms with Crippen LogP contribution in [0.4, 0.5) is 5.69 Å². The molecule has 2 fully saturated rings. The molecule has 0 aromatic carbocycles. The van der Waals surface area contributed by atoms with E-state index in [1.54, 1.807) is 6.07 Å². The van der Waals surface area contributed by atoms with Gasteiger partial charge in [-0.2, -0.15) is 0 Å². The second kappa shape index (κ2) is 5.51. The van der Waals surface area contributed by atoms with E-state index in [-0.39, 0.29) is 11.9 Å². The van der Waals surface area contributed by atoms with Crippen LogP contribution >= 0.6 is 0 Å². The average molecular weight is 275 g/mol. The molecule has 1 aromatic rings. The van der Waals surface area contributed by atoms with Crippen LogP contribution in [0.3, 0.4) is 0 Å². The predicted octanol–water partition coefficient (Wildman–Crippen LogP) is 3.10. The van der Waals surface area contributed by atoms with Gasteiger partial charge in [-0.15, -0.1) is 0 Å². The monoisotopic (exact) mass is 275 g/mol. The van der Waals surface area contributed by atoms with Crippen molar-refractivity contribution in [2.75, 3.05) is 5.73 Å². The number of amides is 1. The van der Waals surface area contributed by atoms with Crippen molar-refractivity contribution in [3.63, 3.8) is 0 Å². The SMILES string of the molecule is CC(NC(=O)c1cc(N)cn1C1CC1)C1CCCCC1. The number of nitrogen functional groups attached to an aromatic ring is 1. The molecule has 2 aliphatic carbocycles. The topological polar surface area (TPSA) is 60.1 Å². The van der Waals surface area contributed by atoms with E-state index in [1.165, 1.54) is 32.1 Å². The number of nitrogens with two attached hydrogens (primary N) is 1. The van der Waals surface area contributed by atoms with Gasteiger partial charge in [0, 0.05) is 18.3 Å². The molecule has 0 aliphatic heterocycles. The van der Waals surface area contributed by atoms with Gasteiger partial charge < -0.3 is 15.6 Å².